The third kappa shape index (κ3) is 3.20. The third-order valence-electron chi connectivity index (χ3n) is 4.74. The summed E-state index contributed by atoms with van der Waals surface area (Å²) >= 11 is 3.40. The van der Waals surface area contributed by atoms with Crippen LogP contribution in [-0.2, 0) is 16.9 Å². The molecule has 1 fully saturated rings. The molecule has 0 bridgehead atoms. The van der Waals surface area contributed by atoms with E-state index in [2.05, 4.69) is 31.4 Å². The number of carbonyl (C=O) groups is 2. The van der Waals surface area contributed by atoms with Crippen molar-refractivity contribution in [2.45, 2.75) is 25.9 Å². The monoisotopic (exact) mass is 440 g/mol. The van der Waals surface area contributed by atoms with Crippen LogP contribution in [0, 0.1) is 6.92 Å². The Morgan fingerprint density at radius 2 is 1.89 bits per heavy atom. The van der Waals surface area contributed by atoms with E-state index in [1.54, 1.807) is 6.92 Å². The molecule has 28 heavy (non-hydrogen) atoms. The highest BCUT2D eigenvalue weighted by atomic mass is 79.9. The van der Waals surface area contributed by atoms with Gasteiger partial charge in [-0.3, -0.25) is 9.69 Å². The Labute approximate surface area is 169 Å². The predicted octanol–water partition coefficient (Wildman–Crippen LogP) is 3.77. The van der Waals surface area contributed by atoms with Gasteiger partial charge in [-0.15, -0.1) is 10.2 Å². The van der Waals surface area contributed by atoms with Crippen molar-refractivity contribution in [3.05, 3.63) is 70.0 Å². The van der Waals surface area contributed by atoms with E-state index in [-0.39, 0.29) is 18.3 Å². The summed E-state index contributed by atoms with van der Waals surface area (Å²) in [6.07, 6.45) is 0. The third-order valence-corrected chi connectivity index (χ3v) is 5.23. The molecule has 0 spiro atoms. The molecule has 0 aliphatic carbocycles. The van der Waals surface area contributed by atoms with Gasteiger partial charge in [0.15, 0.2) is 0 Å². The lowest BCUT2D eigenvalue weighted by Gasteiger charge is -2.22. The van der Waals surface area contributed by atoms with Gasteiger partial charge in [0.1, 0.15) is 12.1 Å². The maximum atomic E-state index is 13.0. The maximum absolute atomic E-state index is 13.0. The first kappa shape index (κ1) is 18.4. The first-order valence-electron chi connectivity index (χ1n) is 8.66. The summed E-state index contributed by atoms with van der Waals surface area (Å²) in [5.74, 6) is 0.153. The van der Waals surface area contributed by atoms with E-state index in [0.717, 1.165) is 26.1 Å². The molecule has 3 amide bonds. The molecule has 142 valence electrons. The first-order valence-corrected chi connectivity index (χ1v) is 9.46. The number of aryl methyl sites for hydroxylation is 1. The van der Waals surface area contributed by atoms with Gasteiger partial charge in [0.25, 0.3) is 5.91 Å². The molecule has 1 aromatic heterocycles. The van der Waals surface area contributed by atoms with Crippen molar-refractivity contribution in [3.8, 4) is 11.5 Å². The van der Waals surface area contributed by atoms with Gasteiger partial charge in [0, 0.05) is 10.0 Å². The molecule has 0 radical (unpaired) electrons. The molecule has 0 saturated carbocycles. The second-order valence-electron chi connectivity index (χ2n) is 6.82. The molecule has 1 aliphatic rings. The second kappa shape index (κ2) is 6.87. The Morgan fingerprint density at radius 1 is 1.14 bits per heavy atom. The van der Waals surface area contributed by atoms with Crippen LogP contribution in [0.1, 0.15) is 23.9 Å². The van der Waals surface area contributed by atoms with Gasteiger partial charge in [-0.2, -0.15) is 0 Å². The molecule has 3 aromatic rings. The fraction of sp³-hybridized carbons (Fsp3) is 0.200. The second-order valence-corrected chi connectivity index (χ2v) is 7.74. The van der Waals surface area contributed by atoms with Crippen LogP contribution in [0.2, 0.25) is 0 Å². The highest BCUT2D eigenvalue weighted by Crippen LogP contribution is 2.30. The summed E-state index contributed by atoms with van der Waals surface area (Å²) in [4.78, 5) is 26.6. The van der Waals surface area contributed by atoms with Crippen LogP contribution in [0.5, 0.6) is 0 Å². The molecule has 4 rings (SSSR count). The molecular weight excluding hydrogens is 424 g/mol. The minimum Gasteiger partial charge on any atom is -0.419 e. The average molecular weight is 441 g/mol. The Bertz CT molecular complexity index is 1060. The first-order chi connectivity index (χ1) is 13.4. The SMILES string of the molecule is Cc1ccc(C2(C)NC(=O)N(Cc3nnc(-c4cccc(Br)c4)o3)C2=O)cc1. The van der Waals surface area contributed by atoms with E-state index in [1.807, 2.05) is 55.5 Å². The lowest BCUT2D eigenvalue weighted by Crippen LogP contribution is -2.40. The predicted molar refractivity (Wildman–Crippen MR) is 105 cm³/mol. The summed E-state index contributed by atoms with van der Waals surface area (Å²) in [5, 5.41) is 10.8. The summed E-state index contributed by atoms with van der Waals surface area (Å²) in [5.41, 5.74) is 1.42. The number of nitrogens with zero attached hydrogens (tertiary/aromatic N) is 3. The van der Waals surface area contributed by atoms with Gasteiger partial charge < -0.3 is 9.73 Å². The van der Waals surface area contributed by atoms with Crippen molar-refractivity contribution in [2.75, 3.05) is 0 Å². The molecule has 7 nitrogen and oxygen atoms in total. The molecule has 2 aromatic carbocycles. The fourth-order valence-electron chi connectivity index (χ4n) is 3.11. The van der Waals surface area contributed by atoms with Crippen molar-refractivity contribution in [1.82, 2.24) is 20.4 Å². The number of urea groups is 1. The number of hydrogen-bond acceptors (Lipinski definition) is 5. The zero-order valence-corrected chi connectivity index (χ0v) is 16.9. The minimum absolute atomic E-state index is 0.0902. The number of aromatic nitrogens is 2. The zero-order valence-electron chi connectivity index (χ0n) is 15.3. The van der Waals surface area contributed by atoms with E-state index in [9.17, 15) is 9.59 Å². The topological polar surface area (TPSA) is 88.3 Å². The number of halogens is 1. The van der Waals surface area contributed by atoms with Gasteiger partial charge in [0.05, 0.1) is 0 Å². The number of carbonyl (C=O) groups excluding carboxylic acids is 2. The van der Waals surface area contributed by atoms with Crippen LogP contribution in [0.3, 0.4) is 0 Å². The highest BCUT2D eigenvalue weighted by Gasteiger charge is 2.49. The molecule has 1 atom stereocenters. The number of rotatable bonds is 4. The van der Waals surface area contributed by atoms with Crippen LogP contribution in [0.4, 0.5) is 4.79 Å². The van der Waals surface area contributed by atoms with Crippen LogP contribution >= 0.6 is 15.9 Å². The van der Waals surface area contributed by atoms with Crippen molar-refractivity contribution in [3.63, 3.8) is 0 Å². The Hall–Kier alpha value is -3.00. The van der Waals surface area contributed by atoms with Crippen LogP contribution < -0.4 is 5.32 Å². The van der Waals surface area contributed by atoms with E-state index < -0.39 is 11.6 Å². The number of nitrogens with one attached hydrogen (secondary N) is 1. The molecule has 1 aliphatic heterocycles. The van der Waals surface area contributed by atoms with Crippen LogP contribution in [0.25, 0.3) is 11.5 Å². The summed E-state index contributed by atoms with van der Waals surface area (Å²) in [7, 11) is 0. The van der Waals surface area contributed by atoms with Crippen molar-refractivity contribution in [1.29, 1.82) is 0 Å². The van der Waals surface area contributed by atoms with Crippen molar-refractivity contribution < 1.29 is 14.0 Å². The minimum atomic E-state index is -1.13. The molecule has 8 heteroatoms. The molecule has 2 heterocycles. The van der Waals surface area contributed by atoms with Gasteiger partial charge in [-0.05, 0) is 37.6 Å². The molecule has 1 N–H and O–H groups in total. The van der Waals surface area contributed by atoms with E-state index >= 15 is 0 Å². The highest BCUT2D eigenvalue weighted by molar-refractivity contribution is 9.10. The van der Waals surface area contributed by atoms with Crippen LogP contribution in [0.15, 0.2) is 57.4 Å². The summed E-state index contributed by atoms with van der Waals surface area (Å²) in [6, 6.07) is 14.4. The normalized spacial score (nSPS) is 19.2. The van der Waals surface area contributed by atoms with Gasteiger partial charge >= 0.3 is 6.03 Å². The molecular formula is C20H17BrN4O3. The average Bonchev–Trinajstić information content (AvgIpc) is 3.22. The van der Waals surface area contributed by atoms with Crippen LogP contribution in [-0.4, -0.2) is 27.0 Å². The van der Waals surface area contributed by atoms with Crippen molar-refractivity contribution in [2.24, 2.45) is 0 Å². The summed E-state index contributed by atoms with van der Waals surface area (Å²) < 4.78 is 6.54. The number of benzene rings is 2. The zero-order chi connectivity index (χ0) is 19.9. The molecule has 1 unspecified atom stereocenters. The van der Waals surface area contributed by atoms with Gasteiger partial charge in [0.2, 0.25) is 11.8 Å². The lowest BCUT2D eigenvalue weighted by atomic mass is 9.91. The standard InChI is InChI=1S/C20H17BrN4O3/c1-12-6-8-14(9-7-12)20(2)18(26)25(19(27)22-20)11-16-23-24-17(28-16)13-4-3-5-15(21)10-13/h3-10H,11H2,1-2H3,(H,22,27). The fourth-order valence-corrected chi connectivity index (χ4v) is 3.51. The lowest BCUT2D eigenvalue weighted by molar-refractivity contribution is -0.131. The van der Waals surface area contributed by atoms with Gasteiger partial charge in [-0.1, -0.05) is 51.8 Å². The number of hydrogen-bond donors (Lipinski definition) is 1. The van der Waals surface area contributed by atoms with E-state index in [4.69, 9.17) is 4.42 Å². The largest absolute Gasteiger partial charge is 0.419 e. The number of imide groups is 1. The Balaban J connectivity index is 1.56. The van der Waals surface area contributed by atoms with Gasteiger partial charge in [-0.25, -0.2) is 4.79 Å². The quantitative estimate of drug-likeness (QED) is 0.623. The maximum Gasteiger partial charge on any atom is 0.325 e. The Kier molecular flexibility index (Phi) is 4.50. The van der Waals surface area contributed by atoms with E-state index in [0.29, 0.717) is 5.89 Å². The summed E-state index contributed by atoms with van der Waals surface area (Å²) in [6.45, 7) is 3.57. The number of amides is 3. The Morgan fingerprint density at radius 3 is 2.61 bits per heavy atom. The molecule has 1 saturated heterocycles. The van der Waals surface area contributed by atoms with E-state index in [1.165, 1.54) is 0 Å². The van der Waals surface area contributed by atoms with Crippen molar-refractivity contribution >= 4 is 27.9 Å². The smallest absolute Gasteiger partial charge is 0.325 e.